The van der Waals surface area contributed by atoms with E-state index in [4.69, 9.17) is 4.98 Å². The molecule has 3 rings (SSSR count). The average Bonchev–Trinajstić information content (AvgIpc) is 3.02. The quantitative estimate of drug-likeness (QED) is 0.789. The molecule has 1 aromatic heterocycles. The summed E-state index contributed by atoms with van der Waals surface area (Å²) >= 11 is 0. The molecule has 2 aliphatic rings. The molecule has 1 aliphatic heterocycles. The van der Waals surface area contributed by atoms with Crippen LogP contribution in [0, 0.1) is 12.8 Å². The molecule has 0 amide bonds. The van der Waals surface area contributed by atoms with Crippen molar-refractivity contribution in [1.29, 1.82) is 0 Å². The Morgan fingerprint density at radius 1 is 1.33 bits per heavy atom. The lowest BCUT2D eigenvalue weighted by Gasteiger charge is -2.18. The van der Waals surface area contributed by atoms with Crippen LogP contribution in [0.25, 0.3) is 0 Å². The van der Waals surface area contributed by atoms with Gasteiger partial charge >= 0.3 is 0 Å². The lowest BCUT2D eigenvalue weighted by Crippen LogP contribution is -2.26. The fourth-order valence-corrected chi connectivity index (χ4v) is 2.25. The molecule has 3 nitrogen and oxygen atoms in total. The Kier molecular flexibility index (Phi) is 2.20. The van der Waals surface area contributed by atoms with Gasteiger partial charge in [-0.15, -0.1) is 0 Å². The van der Waals surface area contributed by atoms with E-state index in [1.54, 1.807) is 0 Å². The minimum atomic E-state index is 0.879. The first-order chi connectivity index (χ1) is 7.33. The number of aryl methyl sites for hydroxylation is 1. The molecule has 2 heterocycles. The van der Waals surface area contributed by atoms with Crippen molar-refractivity contribution in [3.8, 4) is 0 Å². The molecule has 0 atom stereocenters. The summed E-state index contributed by atoms with van der Waals surface area (Å²) in [7, 11) is 0. The van der Waals surface area contributed by atoms with Crippen LogP contribution in [0.2, 0.25) is 0 Å². The highest BCUT2D eigenvalue weighted by Gasteiger charge is 2.24. The Hall–Kier alpha value is -0.960. The van der Waals surface area contributed by atoms with Gasteiger partial charge < -0.3 is 5.32 Å². The van der Waals surface area contributed by atoms with Crippen LogP contribution in [0.5, 0.6) is 0 Å². The van der Waals surface area contributed by atoms with Gasteiger partial charge in [0.15, 0.2) is 0 Å². The van der Waals surface area contributed by atoms with E-state index in [0.29, 0.717) is 0 Å². The number of aromatic nitrogens is 2. The van der Waals surface area contributed by atoms with E-state index in [2.05, 4.69) is 17.2 Å². The third kappa shape index (κ3) is 1.88. The summed E-state index contributed by atoms with van der Waals surface area (Å²) in [6.07, 6.45) is 4.92. The second kappa shape index (κ2) is 3.56. The molecule has 1 N–H and O–H groups in total. The molecule has 1 saturated carbocycles. The molecule has 15 heavy (non-hydrogen) atoms. The van der Waals surface area contributed by atoms with Crippen LogP contribution in [0.3, 0.4) is 0 Å². The molecule has 80 valence electrons. The van der Waals surface area contributed by atoms with E-state index in [9.17, 15) is 0 Å². The maximum absolute atomic E-state index is 4.70. The first-order valence-corrected chi connectivity index (χ1v) is 5.89. The highest BCUT2D eigenvalue weighted by molar-refractivity contribution is 5.27. The minimum absolute atomic E-state index is 0.879. The van der Waals surface area contributed by atoms with Crippen LogP contribution >= 0.6 is 0 Å². The summed E-state index contributed by atoms with van der Waals surface area (Å²) in [5, 5.41) is 3.37. The summed E-state index contributed by atoms with van der Waals surface area (Å²) < 4.78 is 0. The standard InChI is InChI=1S/C12H17N3/c1-8-10-7-13-5-4-11(10)15-12(14-8)6-9-2-3-9/h9,13H,2-7H2,1H3. The van der Waals surface area contributed by atoms with Crippen molar-refractivity contribution in [3.05, 3.63) is 22.8 Å². The lowest BCUT2D eigenvalue weighted by molar-refractivity contribution is 0.610. The van der Waals surface area contributed by atoms with Gasteiger partial charge in [-0.05, 0) is 25.7 Å². The van der Waals surface area contributed by atoms with Gasteiger partial charge in [-0.25, -0.2) is 9.97 Å². The Morgan fingerprint density at radius 3 is 3.00 bits per heavy atom. The van der Waals surface area contributed by atoms with Gasteiger partial charge in [-0.2, -0.15) is 0 Å². The third-order valence-corrected chi connectivity index (χ3v) is 3.35. The second-order valence-corrected chi connectivity index (χ2v) is 4.72. The van der Waals surface area contributed by atoms with Crippen LogP contribution in [-0.4, -0.2) is 16.5 Å². The molecule has 1 fully saturated rings. The SMILES string of the molecule is Cc1nc(CC2CC2)nc2c1CNCC2. The van der Waals surface area contributed by atoms with Gasteiger partial charge in [-0.3, -0.25) is 0 Å². The Labute approximate surface area is 90.3 Å². The summed E-state index contributed by atoms with van der Waals surface area (Å²) in [5.74, 6) is 1.96. The number of nitrogens with zero attached hydrogens (tertiary/aromatic N) is 2. The van der Waals surface area contributed by atoms with E-state index in [-0.39, 0.29) is 0 Å². The van der Waals surface area contributed by atoms with Crippen LogP contribution in [0.4, 0.5) is 0 Å². The van der Waals surface area contributed by atoms with Crippen molar-refractivity contribution in [2.45, 2.75) is 39.2 Å². The Morgan fingerprint density at radius 2 is 2.20 bits per heavy atom. The molecule has 0 radical (unpaired) electrons. The van der Waals surface area contributed by atoms with Crippen molar-refractivity contribution in [3.63, 3.8) is 0 Å². The summed E-state index contributed by atoms with van der Waals surface area (Å²) in [6, 6.07) is 0. The van der Waals surface area contributed by atoms with Gasteiger partial charge in [0, 0.05) is 37.2 Å². The van der Waals surface area contributed by atoms with Crippen molar-refractivity contribution in [2.24, 2.45) is 5.92 Å². The maximum Gasteiger partial charge on any atom is 0.129 e. The third-order valence-electron chi connectivity index (χ3n) is 3.35. The largest absolute Gasteiger partial charge is 0.312 e. The molecule has 0 saturated heterocycles. The van der Waals surface area contributed by atoms with Crippen LogP contribution in [0.15, 0.2) is 0 Å². The molecule has 0 unspecified atom stereocenters. The van der Waals surface area contributed by atoms with Gasteiger partial charge in [0.25, 0.3) is 0 Å². The molecule has 1 aromatic rings. The summed E-state index contributed by atoms with van der Waals surface area (Å²) in [5.41, 5.74) is 3.81. The molecule has 0 bridgehead atoms. The lowest BCUT2D eigenvalue weighted by atomic mass is 10.1. The fourth-order valence-electron chi connectivity index (χ4n) is 2.25. The number of hydrogen-bond acceptors (Lipinski definition) is 3. The molecular weight excluding hydrogens is 186 g/mol. The molecule has 1 aliphatic carbocycles. The predicted octanol–water partition coefficient (Wildman–Crippen LogP) is 1.38. The van der Waals surface area contributed by atoms with Crippen LogP contribution in [0.1, 0.15) is 35.6 Å². The number of hydrogen-bond donors (Lipinski definition) is 1. The van der Waals surface area contributed by atoms with Crippen LogP contribution in [-0.2, 0) is 19.4 Å². The summed E-state index contributed by atoms with van der Waals surface area (Å²) in [6.45, 7) is 4.13. The van der Waals surface area contributed by atoms with E-state index in [1.807, 2.05) is 0 Å². The zero-order chi connectivity index (χ0) is 10.3. The average molecular weight is 203 g/mol. The van der Waals surface area contributed by atoms with Crippen molar-refractivity contribution >= 4 is 0 Å². The zero-order valence-electron chi connectivity index (χ0n) is 9.21. The number of nitrogens with one attached hydrogen (secondary N) is 1. The maximum atomic E-state index is 4.70. The first kappa shape index (κ1) is 9.28. The normalized spacial score (nSPS) is 20.1. The van der Waals surface area contributed by atoms with E-state index in [0.717, 1.165) is 37.7 Å². The zero-order valence-corrected chi connectivity index (χ0v) is 9.21. The summed E-state index contributed by atoms with van der Waals surface area (Å²) in [4.78, 5) is 9.32. The molecule has 3 heteroatoms. The van der Waals surface area contributed by atoms with E-state index < -0.39 is 0 Å². The van der Waals surface area contributed by atoms with E-state index >= 15 is 0 Å². The number of fused-ring (bicyclic) bond motifs is 1. The predicted molar refractivity (Wildman–Crippen MR) is 58.6 cm³/mol. The van der Waals surface area contributed by atoms with Gasteiger partial charge in [0.1, 0.15) is 5.82 Å². The van der Waals surface area contributed by atoms with Crippen LogP contribution < -0.4 is 5.32 Å². The highest BCUT2D eigenvalue weighted by Crippen LogP contribution is 2.32. The van der Waals surface area contributed by atoms with Crippen molar-refractivity contribution in [1.82, 2.24) is 15.3 Å². The smallest absolute Gasteiger partial charge is 0.129 e. The first-order valence-electron chi connectivity index (χ1n) is 5.89. The Balaban J connectivity index is 1.92. The Bertz CT molecular complexity index is 383. The van der Waals surface area contributed by atoms with Gasteiger partial charge in [-0.1, -0.05) is 0 Å². The van der Waals surface area contributed by atoms with Crippen molar-refractivity contribution in [2.75, 3.05) is 6.54 Å². The fraction of sp³-hybridized carbons (Fsp3) is 0.667. The molecular formula is C12H17N3. The van der Waals surface area contributed by atoms with Crippen molar-refractivity contribution < 1.29 is 0 Å². The van der Waals surface area contributed by atoms with E-state index in [1.165, 1.54) is 29.8 Å². The van der Waals surface area contributed by atoms with Gasteiger partial charge in [0.05, 0.1) is 5.69 Å². The second-order valence-electron chi connectivity index (χ2n) is 4.72. The minimum Gasteiger partial charge on any atom is -0.312 e. The monoisotopic (exact) mass is 203 g/mol. The van der Waals surface area contributed by atoms with Gasteiger partial charge in [0.2, 0.25) is 0 Å². The molecule has 0 spiro atoms. The highest BCUT2D eigenvalue weighted by atomic mass is 14.9. The molecule has 0 aromatic carbocycles. The topological polar surface area (TPSA) is 37.8 Å². The number of rotatable bonds is 2.